The summed E-state index contributed by atoms with van der Waals surface area (Å²) in [6, 6.07) is -1.64. The number of sulfone groups is 1. The highest BCUT2D eigenvalue weighted by atomic mass is 32.2. The summed E-state index contributed by atoms with van der Waals surface area (Å²) in [4.78, 5) is 24.7. The van der Waals surface area contributed by atoms with E-state index in [0.29, 0.717) is 24.5 Å². The van der Waals surface area contributed by atoms with Crippen LogP contribution in [0, 0.1) is 5.92 Å². The van der Waals surface area contributed by atoms with Crippen molar-refractivity contribution >= 4 is 33.6 Å². The molecule has 0 aromatic carbocycles. The number of nitrogens with zero attached hydrogens (tertiary/aromatic N) is 1. The van der Waals surface area contributed by atoms with Gasteiger partial charge in [-0.25, -0.2) is 18.0 Å². The fourth-order valence-electron chi connectivity index (χ4n) is 2.07. The lowest BCUT2D eigenvalue weighted by molar-refractivity contribution is -0.140. The second kappa shape index (κ2) is 7.35. The summed E-state index contributed by atoms with van der Waals surface area (Å²) in [5.41, 5.74) is 0. The average Bonchev–Trinajstić information content (AvgIpc) is 2.42. The molecule has 7 nitrogen and oxygen atoms in total. The minimum absolute atomic E-state index is 0.234. The maximum Gasteiger partial charge on any atom is 0.326 e. The zero-order valence-electron chi connectivity index (χ0n) is 12.4. The van der Waals surface area contributed by atoms with E-state index >= 15 is 0 Å². The van der Waals surface area contributed by atoms with Crippen LogP contribution >= 0.6 is 11.8 Å². The first-order chi connectivity index (χ1) is 9.68. The molecule has 2 N–H and O–H groups in total. The standard InChI is InChI=1S/C12H22N2O5S2/c1-4-8(2)10(11(15)16)13-12(17)14-5-6-20-7-9(14)21(3,18)19/h8-10H,4-7H2,1-3H3,(H,13,17)(H,15,16)/t8-,9?,10-/m0/s1. The highest BCUT2D eigenvalue weighted by Crippen LogP contribution is 2.21. The Hall–Kier alpha value is -0.960. The van der Waals surface area contributed by atoms with Gasteiger partial charge in [-0.15, -0.1) is 0 Å². The van der Waals surface area contributed by atoms with Gasteiger partial charge in [0.2, 0.25) is 0 Å². The molecule has 0 bridgehead atoms. The van der Waals surface area contributed by atoms with Gasteiger partial charge in [-0.1, -0.05) is 20.3 Å². The Bertz CT molecular complexity index is 494. The minimum atomic E-state index is -3.41. The summed E-state index contributed by atoms with van der Waals surface area (Å²) in [6.07, 6.45) is 1.69. The number of nitrogens with one attached hydrogen (secondary N) is 1. The third-order valence-corrected chi connectivity index (χ3v) is 6.24. The monoisotopic (exact) mass is 338 g/mol. The largest absolute Gasteiger partial charge is 0.480 e. The number of carbonyl (C=O) groups excluding carboxylic acids is 1. The van der Waals surface area contributed by atoms with Gasteiger partial charge in [-0.3, -0.25) is 0 Å². The molecule has 0 radical (unpaired) electrons. The third kappa shape index (κ3) is 4.77. The van der Waals surface area contributed by atoms with Crippen LogP contribution < -0.4 is 5.32 Å². The highest BCUT2D eigenvalue weighted by Gasteiger charge is 2.36. The van der Waals surface area contributed by atoms with Gasteiger partial charge in [0.05, 0.1) is 0 Å². The molecular weight excluding hydrogens is 316 g/mol. The highest BCUT2D eigenvalue weighted by molar-refractivity contribution is 8.00. The van der Waals surface area contributed by atoms with E-state index in [1.165, 1.54) is 16.7 Å². The maximum atomic E-state index is 12.3. The molecule has 3 atom stereocenters. The Morgan fingerprint density at radius 3 is 2.57 bits per heavy atom. The summed E-state index contributed by atoms with van der Waals surface area (Å²) in [7, 11) is -3.41. The molecule has 1 saturated heterocycles. The minimum Gasteiger partial charge on any atom is -0.480 e. The molecule has 1 aliphatic heterocycles. The fraction of sp³-hybridized carbons (Fsp3) is 0.833. The zero-order valence-corrected chi connectivity index (χ0v) is 14.0. The van der Waals surface area contributed by atoms with E-state index in [1.54, 1.807) is 6.92 Å². The summed E-state index contributed by atoms with van der Waals surface area (Å²) < 4.78 is 23.5. The fourth-order valence-corrected chi connectivity index (χ4v) is 4.88. The van der Waals surface area contributed by atoms with Gasteiger partial charge in [-0.2, -0.15) is 11.8 Å². The van der Waals surface area contributed by atoms with E-state index in [-0.39, 0.29) is 5.92 Å². The van der Waals surface area contributed by atoms with Gasteiger partial charge in [0.25, 0.3) is 0 Å². The summed E-state index contributed by atoms with van der Waals surface area (Å²) >= 11 is 1.47. The van der Waals surface area contributed by atoms with Crippen molar-refractivity contribution in [2.75, 3.05) is 24.3 Å². The van der Waals surface area contributed by atoms with Crippen molar-refractivity contribution in [3.05, 3.63) is 0 Å². The lowest BCUT2D eigenvalue weighted by atomic mass is 9.99. The Morgan fingerprint density at radius 2 is 2.10 bits per heavy atom. The summed E-state index contributed by atoms with van der Waals surface area (Å²) in [5, 5.41) is 10.7. The van der Waals surface area contributed by atoms with Crippen LogP contribution in [0.3, 0.4) is 0 Å². The number of urea groups is 1. The maximum absolute atomic E-state index is 12.3. The smallest absolute Gasteiger partial charge is 0.326 e. The molecule has 0 spiro atoms. The van der Waals surface area contributed by atoms with Crippen LogP contribution in [0.5, 0.6) is 0 Å². The first-order valence-corrected chi connectivity index (χ1v) is 9.86. The third-order valence-electron chi connectivity index (χ3n) is 3.60. The predicted molar refractivity (Wildman–Crippen MR) is 82.1 cm³/mol. The van der Waals surface area contributed by atoms with Crippen molar-refractivity contribution in [2.24, 2.45) is 5.92 Å². The summed E-state index contributed by atoms with van der Waals surface area (Å²) in [5.74, 6) is -0.393. The molecule has 1 fully saturated rings. The van der Waals surface area contributed by atoms with Crippen molar-refractivity contribution in [3.63, 3.8) is 0 Å². The quantitative estimate of drug-likeness (QED) is 0.761. The Kier molecular flexibility index (Phi) is 6.33. The number of carboxylic acids is 1. The van der Waals surface area contributed by atoms with Gasteiger partial charge in [0.15, 0.2) is 9.84 Å². The van der Waals surface area contributed by atoms with E-state index in [2.05, 4.69) is 5.32 Å². The molecule has 1 aliphatic rings. The lowest BCUT2D eigenvalue weighted by Crippen LogP contribution is -2.57. The molecule has 0 aromatic rings. The number of amides is 2. The van der Waals surface area contributed by atoms with Crippen molar-refractivity contribution in [1.29, 1.82) is 0 Å². The number of thioether (sulfide) groups is 1. The SMILES string of the molecule is CC[C@H](C)[C@H](NC(=O)N1CCSCC1S(C)(=O)=O)C(=O)O. The van der Waals surface area contributed by atoms with Gasteiger partial charge in [-0.05, 0) is 5.92 Å². The van der Waals surface area contributed by atoms with Crippen LogP contribution in [-0.2, 0) is 14.6 Å². The first-order valence-electron chi connectivity index (χ1n) is 6.75. The first kappa shape index (κ1) is 18.1. The number of rotatable bonds is 5. The van der Waals surface area contributed by atoms with Crippen LogP contribution in [0.2, 0.25) is 0 Å². The topological polar surface area (TPSA) is 104 Å². The van der Waals surface area contributed by atoms with Crippen molar-refractivity contribution in [1.82, 2.24) is 10.2 Å². The zero-order chi connectivity index (χ0) is 16.2. The van der Waals surface area contributed by atoms with Gasteiger partial charge >= 0.3 is 12.0 Å². The Balaban J connectivity index is 2.87. The van der Waals surface area contributed by atoms with Crippen LogP contribution in [0.15, 0.2) is 0 Å². The molecule has 1 heterocycles. The van der Waals surface area contributed by atoms with E-state index in [9.17, 15) is 23.1 Å². The van der Waals surface area contributed by atoms with Crippen LogP contribution in [0.4, 0.5) is 4.79 Å². The molecule has 0 aromatic heterocycles. The molecule has 21 heavy (non-hydrogen) atoms. The second-order valence-corrected chi connectivity index (χ2v) is 8.56. The Labute approximate surface area is 129 Å². The van der Waals surface area contributed by atoms with Gasteiger partial charge < -0.3 is 15.3 Å². The molecular formula is C12H22N2O5S2. The summed E-state index contributed by atoms with van der Waals surface area (Å²) in [6.45, 7) is 3.86. The number of hydrogen-bond donors (Lipinski definition) is 2. The van der Waals surface area contributed by atoms with E-state index < -0.39 is 33.3 Å². The molecule has 122 valence electrons. The van der Waals surface area contributed by atoms with Crippen LogP contribution in [0.1, 0.15) is 20.3 Å². The van der Waals surface area contributed by atoms with Crippen molar-refractivity contribution < 1.29 is 23.1 Å². The molecule has 0 saturated carbocycles. The normalized spacial score (nSPS) is 22.4. The molecule has 9 heteroatoms. The lowest BCUT2D eigenvalue weighted by Gasteiger charge is -2.35. The molecule has 0 aliphatic carbocycles. The molecule has 1 unspecified atom stereocenters. The van der Waals surface area contributed by atoms with Crippen molar-refractivity contribution in [3.8, 4) is 0 Å². The van der Waals surface area contributed by atoms with E-state index in [4.69, 9.17) is 0 Å². The van der Waals surface area contributed by atoms with E-state index in [1.807, 2.05) is 6.92 Å². The molecule has 2 amide bonds. The average molecular weight is 338 g/mol. The Morgan fingerprint density at radius 1 is 1.48 bits per heavy atom. The van der Waals surface area contributed by atoms with Crippen LogP contribution in [-0.4, -0.2) is 66.1 Å². The number of aliphatic carboxylic acids is 1. The van der Waals surface area contributed by atoms with Crippen molar-refractivity contribution in [2.45, 2.75) is 31.7 Å². The van der Waals surface area contributed by atoms with Gasteiger partial charge in [0.1, 0.15) is 11.4 Å². The van der Waals surface area contributed by atoms with Gasteiger partial charge in [0, 0.05) is 24.3 Å². The number of hydrogen-bond acceptors (Lipinski definition) is 5. The van der Waals surface area contributed by atoms with Crippen LogP contribution in [0.25, 0.3) is 0 Å². The van der Waals surface area contributed by atoms with E-state index in [0.717, 1.165) is 6.26 Å². The number of carboxylic acid groups (broad SMARTS) is 1. The second-order valence-electron chi connectivity index (χ2n) is 5.20. The number of carbonyl (C=O) groups is 2. The predicted octanol–water partition coefficient (Wildman–Crippen LogP) is 0.615. The molecule has 1 rings (SSSR count).